The number of aromatic amines is 1. The molecule has 3 N–H and O–H groups in total. The van der Waals surface area contributed by atoms with Gasteiger partial charge >= 0.3 is 0 Å². The maximum Gasteiger partial charge on any atom is 0.117 e. The monoisotopic (exact) mass is 176 g/mol. The number of hydrogen-bond donors (Lipinski definition) is 3. The van der Waals surface area contributed by atoms with Crippen molar-refractivity contribution in [1.82, 2.24) is 10.3 Å². The van der Waals surface area contributed by atoms with Crippen molar-refractivity contribution in [2.45, 2.75) is 6.54 Å². The Bertz CT molecular complexity index is 420. The summed E-state index contributed by atoms with van der Waals surface area (Å²) in [6, 6.07) is 7.40. The molecule has 0 saturated heterocycles. The highest BCUT2D eigenvalue weighted by Crippen LogP contribution is 2.20. The normalized spacial score (nSPS) is 10.8. The van der Waals surface area contributed by atoms with Crippen LogP contribution in [0.3, 0.4) is 0 Å². The highest BCUT2D eigenvalue weighted by molar-refractivity contribution is 5.81. The zero-order valence-corrected chi connectivity index (χ0v) is 7.46. The Balaban J connectivity index is 2.49. The SMILES string of the molecule is CNCc1cc2ccc(O)cc2[nH]1. The molecule has 0 unspecified atom stereocenters. The van der Waals surface area contributed by atoms with Crippen molar-refractivity contribution in [3.05, 3.63) is 30.0 Å². The van der Waals surface area contributed by atoms with Crippen LogP contribution in [0.15, 0.2) is 24.3 Å². The molecule has 2 aromatic rings. The zero-order chi connectivity index (χ0) is 9.26. The predicted octanol–water partition coefficient (Wildman–Crippen LogP) is 1.59. The molecule has 1 aromatic heterocycles. The number of nitrogens with one attached hydrogen (secondary N) is 2. The lowest BCUT2D eigenvalue weighted by atomic mass is 10.2. The molecule has 3 nitrogen and oxygen atoms in total. The zero-order valence-electron chi connectivity index (χ0n) is 7.46. The molecule has 68 valence electrons. The van der Waals surface area contributed by atoms with Crippen molar-refractivity contribution in [3.8, 4) is 5.75 Å². The van der Waals surface area contributed by atoms with E-state index >= 15 is 0 Å². The van der Waals surface area contributed by atoms with Crippen LogP contribution in [0.2, 0.25) is 0 Å². The smallest absolute Gasteiger partial charge is 0.117 e. The third kappa shape index (κ3) is 1.51. The predicted molar refractivity (Wildman–Crippen MR) is 52.7 cm³/mol. The van der Waals surface area contributed by atoms with Crippen molar-refractivity contribution < 1.29 is 5.11 Å². The number of fused-ring (bicyclic) bond motifs is 1. The summed E-state index contributed by atoms with van der Waals surface area (Å²) in [5.41, 5.74) is 2.10. The van der Waals surface area contributed by atoms with Crippen LogP contribution in [-0.4, -0.2) is 17.1 Å². The molecule has 0 amide bonds. The summed E-state index contributed by atoms with van der Waals surface area (Å²) in [6.07, 6.45) is 0. The standard InChI is InChI=1S/C10H12N2O/c1-11-6-8-4-7-2-3-9(13)5-10(7)12-8/h2-5,11-13H,6H2,1H3. The second-order valence-electron chi connectivity index (χ2n) is 3.10. The Morgan fingerprint density at radius 3 is 3.00 bits per heavy atom. The largest absolute Gasteiger partial charge is 0.508 e. The van der Waals surface area contributed by atoms with Crippen molar-refractivity contribution in [1.29, 1.82) is 0 Å². The van der Waals surface area contributed by atoms with Gasteiger partial charge in [-0.05, 0) is 30.6 Å². The summed E-state index contributed by atoms with van der Waals surface area (Å²) in [4.78, 5) is 3.21. The van der Waals surface area contributed by atoms with E-state index in [1.807, 2.05) is 13.1 Å². The van der Waals surface area contributed by atoms with Crippen molar-refractivity contribution in [2.24, 2.45) is 0 Å². The maximum absolute atomic E-state index is 9.23. The molecule has 0 saturated carbocycles. The second kappa shape index (κ2) is 3.11. The van der Waals surface area contributed by atoms with Gasteiger partial charge in [0.15, 0.2) is 0 Å². The fourth-order valence-corrected chi connectivity index (χ4v) is 1.46. The molecule has 1 heterocycles. The number of phenolic OH excluding ortho intramolecular Hbond substituents is 1. The van der Waals surface area contributed by atoms with Gasteiger partial charge in [-0.25, -0.2) is 0 Å². The number of rotatable bonds is 2. The van der Waals surface area contributed by atoms with E-state index in [2.05, 4.69) is 16.4 Å². The fourth-order valence-electron chi connectivity index (χ4n) is 1.46. The van der Waals surface area contributed by atoms with Crippen LogP contribution in [0.4, 0.5) is 0 Å². The van der Waals surface area contributed by atoms with E-state index in [1.54, 1.807) is 12.1 Å². The first kappa shape index (κ1) is 8.13. The minimum Gasteiger partial charge on any atom is -0.508 e. The summed E-state index contributed by atoms with van der Waals surface area (Å²) in [7, 11) is 1.91. The first-order valence-electron chi connectivity index (χ1n) is 4.25. The van der Waals surface area contributed by atoms with E-state index < -0.39 is 0 Å². The molecule has 0 aliphatic heterocycles. The van der Waals surface area contributed by atoms with Crippen molar-refractivity contribution in [2.75, 3.05) is 7.05 Å². The topological polar surface area (TPSA) is 48.0 Å². The van der Waals surface area contributed by atoms with Gasteiger partial charge < -0.3 is 15.4 Å². The molecule has 0 fully saturated rings. The van der Waals surface area contributed by atoms with Gasteiger partial charge in [0, 0.05) is 23.8 Å². The van der Waals surface area contributed by atoms with E-state index in [4.69, 9.17) is 0 Å². The van der Waals surface area contributed by atoms with Gasteiger partial charge in [-0.1, -0.05) is 0 Å². The average molecular weight is 176 g/mol. The van der Waals surface area contributed by atoms with Crippen molar-refractivity contribution in [3.63, 3.8) is 0 Å². The molecular weight excluding hydrogens is 164 g/mol. The highest BCUT2D eigenvalue weighted by atomic mass is 16.3. The van der Waals surface area contributed by atoms with Crippen LogP contribution >= 0.6 is 0 Å². The van der Waals surface area contributed by atoms with E-state index in [0.29, 0.717) is 5.75 Å². The molecule has 0 radical (unpaired) electrons. The summed E-state index contributed by atoms with van der Waals surface area (Å²) in [5, 5.41) is 13.4. The minimum absolute atomic E-state index is 0.297. The minimum atomic E-state index is 0.297. The van der Waals surface area contributed by atoms with Gasteiger partial charge in [0.1, 0.15) is 5.75 Å². The lowest BCUT2D eigenvalue weighted by molar-refractivity contribution is 0.476. The summed E-state index contributed by atoms with van der Waals surface area (Å²) in [6.45, 7) is 0.815. The van der Waals surface area contributed by atoms with Gasteiger partial charge in [-0.3, -0.25) is 0 Å². The Morgan fingerprint density at radius 1 is 1.38 bits per heavy atom. The number of phenols is 1. The van der Waals surface area contributed by atoms with Gasteiger partial charge in [0.25, 0.3) is 0 Å². The Morgan fingerprint density at radius 2 is 2.23 bits per heavy atom. The average Bonchev–Trinajstić information content (AvgIpc) is 2.46. The van der Waals surface area contributed by atoms with E-state index in [0.717, 1.165) is 23.1 Å². The molecule has 0 atom stereocenters. The molecule has 0 aliphatic carbocycles. The number of benzene rings is 1. The Kier molecular flexibility index (Phi) is 1.94. The van der Waals surface area contributed by atoms with E-state index in [1.165, 1.54) is 0 Å². The third-order valence-electron chi connectivity index (χ3n) is 2.03. The highest BCUT2D eigenvalue weighted by Gasteiger charge is 1.99. The summed E-state index contributed by atoms with van der Waals surface area (Å²) >= 11 is 0. The Hall–Kier alpha value is -1.48. The van der Waals surface area contributed by atoms with Gasteiger partial charge in [-0.15, -0.1) is 0 Å². The van der Waals surface area contributed by atoms with Gasteiger partial charge in [0.05, 0.1) is 0 Å². The number of hydrogen-bond acceptors (Lipinski definition) is 2. The maximum atomic E-state index is 9.23. The third-order valence-corrected chi connectivity index (χ3v) is 2.03. The molecule has 2 rings (SSSR count). The van der Waals surface area contributed by atoms with Gasteiger partial charge in [-0.2, -0.15) is 0 Å². The van der Waals surface area contributed by atoms with Crippen LogP contribution in [-0.2, 0) is 6.54 Å². The van der Waals surface area contributed by atoms with Crippen LogP contribution in [0.5, 0.6) is 5.75 Å². The lowest BCUT2D eigenvalue weighted by Gasteiger charge is -1.92. The fraction of sp³-hybridized carbons (Fsp3) is 0.200. The molecule has 0 aliphatic rings. The molecule has 0 bridgehead atoms. The Labute approximate surface area is 76.4 Å². The van der Waals surface area contributed by atoms with Crippen LogP contribution in [0.1, 0.15) is 5.69 Å². The quantitative estimate of drug-likeness (QED) is 0.650. The summed E-state index contributed by atoms with van der Waals surface area (Å²) in [5.74, 6) is 0.297. The first-order valence-corrected chi connectivity index (χ1v) is 4.25. The lowest BCUT2D eigenvalue weighted by Crippen LogP contribution is -2.04. The second-order valence-corrected chi connectivity index (χ2v) is 3.10. The molecular formula is C10H12N2O. The molecule has 13 heavy (non-hydrogen) atoms. The van der Waals surface area contributed by atoms with Crippen LogP contribution < -0.4 is 5.32 Å². The summed E-state index contributed by atoms with van der Waals surface area (Å²) < 4.78 is 0. The van der Waals surface area contributed by atoms with Gasteiger partial charge in [0.2, 0.25) is 0 Å². The number of aromatic hydroxyl groups is 1. The molecule has 0 spiro atoms. The number of H-pyrrole nitrogens is 1. The molecule has 1 aromatic carbocycles. The van der Waals surface area contributed by atoms with Crippen molar-refractivity contribution >= 4 is 10.9 Å². The van der Waals surface area contributed by atoms with Crippen LogP contribution in [0, 0.1) is 0 Å². The number of aromatic nitrogens is 1. The van der Waals surface area contributed by atoms with E-state index in [-0.39, 0.29) is 0 Å². The van der Waals surface area contributed by atoms with Crippen LogP contribution in [0.25, 0.3) is 10.9 Å². The van der Waals surface area contributed by atoms with E-state index in [9.17, 15) is 5.11 Å². The first-order chi connectivity index (χ1) is 6.29. The molecule has 3 heteroatoms.